The summed E-state index contributed by atoms with van der Waals surface area (Å²) < 4.78 is 10.4. The molecule has 0 fully saturated rings. The number of imidazole rings is 2. The number of nitrogens with two attached hydrogens (primary N) is 1. The predicted molar refractivity (Wildman–Crippen MR) is 111 cm³/mol. The topological polar surface area (TPSA) is 136 Å². The third-order valence-electron chi connectivity index (χ3n) is 4.98. The number of hydrogen-bond donors (Lipinski definition) is 1. The zero-order valence-corrected chi connectivity index (χ0v) is 17.2. The van der Waals surface area contributed by atoms with E-state index in [4.69, 9.17) is 10.5 Å². The van der Waals surface area contributed by atoms with Crippen LogP contribution in [0.15, 0.2) is 40.1 Å². The lowest BCUT2D eigenvalue weighted by molar-refractivity contribution is -0.118. The van der Waals surface area contributed by atoms with E-state index in [0.717, 1.165) is 10.3 Å². The lowest BCUT2D eigenvalue weighted by Gasteiger charge is -2.07. The van der Waals surface area contributed by atoms with Gasteiger partial charge in [-0.25, -0.2) is 14.2 Å². The summed E-state index contributed by atoms with van der Waals surface area (Å²) in [5, 5.41) is 0. The summed E-state index contributed by atoms with van der Waals surface area (Å²) in [4.78, 5) is 53.3. The first-order valence-electron chi connectivity index (χ1n) is 9.50. The van der Waals surface area contributed by atoms with Crippen molar-refractivity contribution in [3.8, 4) is 5.69 Å². The molecule has 4 rings (SSSR count). The van der Waals surface area contributed by atoms with Crippen LogP contribution in [-0.2, 0) is 23.1 Å². The molecule has 0 saturated heterocycles. The third-order valence-corrected chi connectivity index (χ3v) is 4.98. The molecule has 1 aromatic carbocycles. The highest BCUT2D eigenvalue weighted by atomic mass is 16.5. The predicted octanol–water partition coefficient (Wildman–Crippen LogP) is 0.109. The van der Waals surface area contributed by atoms with Crippen molar-refractivity contribution in [1.29, 1.82) is 0 Å². The van der Waals surface area contributed by atoms with Gasteiger partial charge in [0.05, 0.1) is 12.2 Å². The van der Waals surface area contributed by atoms with Gasteiger partial charge < -0.3 is 10.5 Å². The van der Waals surface area contributed by atoms with Crippen molar-refractivity contribution in [2.45, 2.75) is 20.4 Å². The number of amides is 1. The lowest BCUT2D eigenvalue weighted by atomic mass is 10.2. The van der Waals surface area contributed by atoms with Crippen LogP contribution < -0.4 is 17.0 Å². The molecule has 2 N–H and O–H groups in total. The number of hydrogen-bond acceptors (Lipinski definition) is 6. The molecular formula is C20H20N6O5. The third kappa shape index (κ3) is 3.10. The quantitative estimate of drug-likeness (QED) is 0.452. The zero-order chi connectivity index (χ0) is 22.4. The molecule has 0 radical (unpaired) electrons. The van der Waals surface area contributed by atoms with Gasteiger partial charge in [0.15, 0.2) is 11.2 Å². The Morgan fingerprint density at radius 3 is 2.45 bits per heavy atom. The molecule has 160 valence electrons. The number of esters is 1. The Labute approximate surface area is 174 Å². The number of carbonyl (C=O) groups is 2. The molecule has 3 aromatic heterocycles. The average molecular weight is 424 g/mol. The number of carbonyl (C=O) groups excluding carboxylic acids is 2. The highest BCUT2D eigenvalue weighted by Gasteiger charge is 2.21. The van der Waals surface area contributed by atoms with Crippen LogP contribution in [0.4, 0.5) is 0 Å². The van der Waals surface area contributed by atoms with Crippen molar-refractivity contribution in [1.82, 2.24) is 23.1 Å². The fourth-order valence-electron chi connectivity index (χ4n) is 3.59. The first-order chi connectivity index (χ1) is 14.7. The first kappa shape index (κ1) is 20.1. The standard InChI is InChI=1S/C20H20N6O5/c1-4-31-18(29)12-5-7-13(8-6-12)26-11(2)9-24-15-16(22-19(24)26)23(3)20(30)25(17(15)28)10-14(21)27/h5-9H,4,10H2,1-3H3,(H2,21,27). The van der Waals surface area contributed by atoms with E-state index in [-0.39, 0.29) is 17.8 Å². The highest BCUT2D eigenvalue weighted by molar-refractivity contribution is 5.89. The molecule has 0 bridgehead atoms. The van der Waals surface area contributed by atoms with E-state index in [1.54, 1.807) is 46.4 Å². The van der Waals surface area contributed by atoms with Crippen LogP contribution in [0.25, 0.3) is 22.6 Å². The minimum Gasteiger partial charge on any atom is -0.462 e. The number of rotatable bonds is 5. The summed E-state index contributed by atoms with van der Waals surface area (Å²) >= 11 is 0. The number of primary amides is 1. The lowest BCUT2D eigenvalue weighted by Crippen LogP contribution is -2.42. The minimum absolute atomic E-state index is 0.156. The molecule has 0 aliphatic heterocycles. The molecule has 0 aliphatic carbocycles. The van der Waals surface area contributed by atoms with Gasteiger partial charge in [0.1, 0.15) is 6.54 Å². The van der Waals surface area contributed by atoms with E-state index in [2.05, 4.69) is 4.98 Å². The number of benzene rings is 1. The first-order valence-corrected chi connectivity index (χ1v) is 9.50. The second-order valence-corrected chi connectivity index (χ2v) is 7.03. The number of aryl methyl sites for hydroxylation is 2. The van der Waals surface area contributed by atoms with E-state index in [0.29, 0.717) is 17.0 Å². The number of ether oxygens (including phenoxy) is 1. The van der Waals surface area contributed by atoms with E-state index < -0.39 is 29.7 Å². The van der Waals surface area contributed by atoms with Crippen molar-refractivity contribution >= 4 is 28.8 Å². The Morgan fingerprint density at radius 1 is 1.16 bits per heavy atom. The molecule has 0 atom stereocenters. The molecule has 1 amide bonds. The average Bonchev–Trinajstić information content (AvgIpc) is 3.24. The van der Waals surface area contributed by atoms with Crippen LogP contribution in [0.5, 0.6) is 0 Å². The van der Waals surface area contributed by atoms with Crippen molar-refractivity contribution in [3.05, 3.63) is 62.6 Å². The number of aromatic nitrogens is 5. The van der Waals surface area contributed by atoms with Crippen molar-refractivity contribution in [2.24, 2.45) is 12.8 Å². The van der Waals surface area contributed by atoms with Gasteiger partial charge in [-0.3, -0.25) is 23.1 Å². The van der Waals surface area contributed by atoms with Crippen LogP contribution >= 0.6 is 0 Å². The summed E-state index contributed by atoms with van der Waals surface area (Å²) in [5.74, 6) is -0.810. The van der Waals surface area contributed by atoms with E-state index in [1.807, 2.05) is 6.92 Å². The molecular weight excluding hydrogens is 404 g/mol. The molecule has 0 saturated carbocycles. The Hall–Kier alpha value is -4.15. The molecule has 4 aromatic rings. The van der Waals surface area contributed by atoms with Gasteiger partial charge in [-0.15, -0.1) is 0 Å². The van der Waals surface area contributed by atoms with Crippen LogP contribution in [-0.4, -0.2) is 41.6 Å². The SMILES string of the molecule is CCOC(=O)c1ccc(-n2c(C)cn3c4c(=O)n(CC(N)=O)c(=O)n(C)c4nc23)cc1. The van der Waals surface area contributed by atoms with Gasteiger partial charge in [0.2, 0.25) is 11.7 Å². The zero-order valence-electron chi connectivity index (χ0n) is 17.2. The van der Waals surface area contributed by atoms with Gasteiger partial charge in [-0.2, -0.15) is 4.98 Å². The Morgan fingerprint density at radius 2 is 1.84 bits per heavy atom. The van der Waals surface area contributed by atoms with Gasteiger partial charge in [-0.05, 0) is 38.1 Å². The summed E-state index contributed by atoms with van der Waals surface area (Å²) in [6.45, 7) is 3.33. The molecule has 0 unspecified atom stereocenters. The second kappa shape index (κ2) is 7.27. The highest BCUT2D eigenvalue weighted by Crippen LogP contribution is 2.21. The largest absolute Gasteiger partial charge is 0.462 e. The second-order valence-electron chi connectivity index (χ2n) is 7.03. The summed E-state index contributed by atoms with van der Waals surface area (Å²) in [5.41, 5.74) is 6.09. The van der Waals surface area contributed by atoms with E-state index >= 15 is 0 Å². The van der Waals surface area contributed by atoms with Crippen LogP contribution in [0.1, 0.15) is 23.0 Å². The van der Waals surface area contributed by atoms with Crippen molar-refractivity contribution < 1.29 is 14.3 Å². The summed E-state index contributed by atoms with van der Waals surface area (Å²) in [6, 6.07) is 6.76. The Bertz CT molecular complexity index is 1470. The maximum absolute atomic E-state index is 13.0. The maximum Gasteiger partial charge on any atom is 0.338 e. The van der Waals surface area contributed by atoms with Crippen molar-refractivity contribution in [2.75, 3.05) is 6.61 Å². The van der Waals surface area contributed by atoms with E-state index in [1.165, 1.54) is 11.6 Å². The fraction of sp³-hybridized carbons (Fsp3) is 0.250. The Kier molecular flexibility index (Phi) is 4.72. The molecule has 0 aliphatic rings. The van der Waals surface area contributed by atoms with Crippen molar-refractivity contribution in [3.63, 3.8) is 0 Å². The molecule has 3 heterocycles. The van der Waals surface area contributed by atoms with Crippen LogP contribution in [0.3, 0.4) is 0 Å². The van der Waals surface area contributed by atoms with Gasteiger partial charge in [-0.1, -0.05) is 0 Å². The van der Waals surface area contributed by atoms with Gasteiger partial charge in [0.25, 0.3) is 5.56 Å². The maximum atomic E-state index is 13.0. The minimum atomic E-state index is -0.797. The number of fused-ring (bicyclic) bond motifs is 3. The van der Waals surface area contributed by atoms with Crippen LogP contribution in [0, 0.1) is 6.92 Å². The molecule has 0 spiro atoms. The molecule has 11 nitrogen and oxygen atoms in total. The molecule has 31 heavy (non-hydrogen) atoms. The molecule has 11 heteroatoms. The summed E-state index contributed by atoms with van der Waals surface area (Å²) in [6.07, 6.45) is 1.71. The Balaban J connectivity index is 1.95. The van der Waals surface area contributed by atoms with Gasteiger partial charge >= 0.3 is 11.7 Å². The van der Waals surface area contributed by atoms with Crippen LogP contribution in [0.2, 0.25) is 0 Å². The van der Waals surface area contributed by atoms with Gasteiger partial charge in [0, 0.05) is 24.6 Å². The summed E-state index contributed by atoms with van der Waals surface area (Å²) in [7, 11) is 1.47. The smallest absolute Gasteiger partial charge is 0.338 e. The van der Waals surface area contributed by atoms with E-state index in [9.17, 15) is 19.2 Å². The monoisotopic (exact) mass is 424 g/mol. The fourth-order valence-corrected chi connectivity index (χ4v) is 3.59. The number of nitrogens with zero attached hydrogens (tertiary/aromatic N) is 5. The normalized spacial score (nSPS) is 11.3.